The number of aryl methyl sites for hydroxylation is 1. The maximum Gasteiger partial charge on any atom is 0.223 e. The van der Waals surface area contributed by atoms with Gasteiger partial charge in [0.15, 0.2) is 4.80 Å². The van der Waals surface area contributed by atoms with Crippen LogP contribution in [0.1, 0.15) is 71.1 Å². The number of amides is 1. The van der Waals surface area contributed by atoms with Crippen molar-refractivity contribution < 1.29 is 4.79 Å². The molecule has 0 fully saturated rings. The first-order valence-electron chi connectivity index (χ1n) is 12.9. The van der Waals surface area contributed by atoms with Gasteiger partial charge in [-0.1, -0.05) is 64.4 Å². The third-order valence-electron chi connectivity index (χ3n) is 5.85. The molecule has 0 saturated carbocycles. The molecule has 0 spiro atoms. The molecule has 1 heterocycles. The Morgan fingerprint density at radius 2 is 1.77 bits per heavy atom. The van der Waals surface area contributed by atoms with Gasteiger partial charge < -0.3 is 9.47 Å². The number of benzene rings is 2. The summed E-state index contributed by atoms with van der Waals surface area (Å²) in [5.41, 5.74) is 2.59. The van der Waals surface area contributed by atoms with Gasteiger partial charge in [-0.05, 0) is 42.7 Å². The summed E-state index contributed by atoms with van der Waals surface area (Å²) in [6.07, 6.45) is 2.60. The topological polar surface area (TPSA) is 37.6 Å². The highest BCUT2D eigenvalue weighted by Crippen LogP contribution is 2.26. The van der Waals surface area contributed by atoms with Crippen LogP contribution in [0.3, 0.4) is 0 Å². The van der Waals surface area contributed by atoms with Gasteiger partial charge in [0.2, 0.25) is 5.91 Å². The van der Waals surface area contributed by atoms with Gasteiger partial charge in [-0.2, -0.15) is 0 Å². The number of rotatable bonds is 9. The van der Waals surface area contributed by atoms with Crippen molar-refractivity contribution in [3.05, 3.63) is 57.8 Å². The first-order valence-corrected chi connectivity index (χ1v) is 14.7. The lowest BCUT2D eigenvalue weighted by Crippen LogP contribution is -2.29. The number of aromatic nitrogens is 1. The highest BCUT2D eigenvalue weighted by molar-refractivity contribution is 7.99. The average Bonchev–Trinajstić information content (AvgIpc) is 3.26. The average molecular weight is 516 g/mol. The Morgan fingerprint density at radius 1 is 1.11 bits per heavy atom. The van der Waals surface area contributed by atoms with E-state index in [1.165, 1.54) is 26.9 Å². The minimum atomic E-state index is 0.220. The number of thioether (sulfide) groups is 1. The van der Waals surface area contributed by atoms with E-state index < -0.39 is 0 Å². The highest BCUT2D eigenvalue weighted by atomic mass is 32.2. The summed E-state index contributed by atoms with van der Waals surface area (Å²) < 4.78 is 2.18. The number of nitrogens with zero attached hydrogens (tertiary/aromatic N) is 3. The second-order valence-corrected chi connectivity index (χ2v) is 10.1. The second kappa shape index (κ2) is 16.6. The van der Waals surface area contributed by atoms with Crippen LogP contribution in [-0.2, 0) is 11.8 Å². The molecular weight excluding hydrogens is 470 g/mol. The van der Waals surface area contributed by atoms with Crippen LogP contribution in [0, 0.1) is 6.92 Å². The largest absolute Gasteiger partial charge is 0.346 e. The van der Waals surface area contributed by atoms with Gasteiger partial charge in [0.1, 0.15) is 0 Å². The minimum absolute atomic E-state index is 0.220. The zero-order chi connectivity index (χ0) is 26.4. The van der Waals surface area contributed by atoms with Crippen LogP contribution in [0.15, 0.2) is 51.7 Å². The van der Waals surface area contributed by atoms with Crippen molar-refractivity contribution >= 4 is 39.8 Å². The Morgan fingerprint density at radius 3 is 2.40 bits per heavy atom. The molecule has 35 heavy (non-hydrogen) atoms. The standard InChI is InChI=1S/C25H33N3OS2.2C2H6/c1-6-19(23-17-31-25(26-3)28(23)5)11-13-27(4)24(29)12-14-30-22-10-9-20-15-18(2)7-8-21(20)16-22;2*1-2/h7-10,15-17,19H,6,11-14H2,1-5H3;2*1-2H3. The lowest BCUT2D eigenvalue weighted by Gasteiger charge is -2.21. The van der Waals surface area contributed by atoms with E-state index in [0.29, 0.717) is 12.3 Å². The Balaban J connectivity index is 0.00000145. The van der Waals surface area contributed by atoms with Crippen molar-refractivity contribution in [3.8, 4) is 0 Å². The van der Waals surface area contributed by atoms with Gasteiger partial charge >= 0.3 is 0 Å². The van der Waals surface area contributed by atoms with Gasteiger partial charge in [0.05, 0.1) is 0 Å². The molecule has 1 atom stereocenters. The van der Waals surface area contributed by atoms with E-state index in [4.69, 9.17) is 0 Å². The fourth-order valence-corrected chi connectivity index (χ4v) is 5.70. The highest BCUT2D eigenvalue weighted by Gasteiger charge is 2.16. The van der Waals surface area contributed by atoms with E-state index in [9.17, 15) is 4.79 Å². The summed E-state index contributed by atoms with van der Waals surface area (Å²) in [6, 6.07) is 13.1. The number of thiazole rings is 1. The normalized spacial score (nSPS) is 11.9. The third-order valence-corrected chi connectivity index (χ3v) is 7.87. The number of fused-ring (bicyclic) bond motifs is 1. The molecule has 2 aromatic carbocycles. The minimum Gasteiger partial charge on any atom is -0.346 e. The van der Waals surface area contributed by atoms with Gasteiger partial charge in [-0.15, -0.1) is 23.1 Å². The SMILES string of the molecule is CC.CC.CCC(CCN(C)C(=O)CCSc1ccc2cc(C)ccc2c1)c1csc(=NC)n1C. The lowest BCUT2D eigenvalue weighted by molar-refractivity contribution is -0.129. The molecule has 6 heteroatoms. The first-order chi connectivity index (χ1) is 16.9. The van der Waals surface area contributed by atoms with Crippen molar-refractivity contribution in [1.29, 1.82) is 0 Å². The van der Waals surface area contributed by atoms with E-state index in [-0.39, 0.29) is 5.91 Å². The monoisotopic (exact) mass is 515 g/mol. The van der Waals surface area contributed by atoms with Crippen LogP contribution >= 0.6 is 23.1 Å². The van der Waals surface area contributed by atoms with Crippen molar-refractivity contribution in [2.45, 2.75) is 71.6 Å². The molecule has 0 aliphatic rings. The summed E-state index contributed by atoms with van der Waals surface area (Å²) in [7, 11) is 5.84. The molecule has 0 N–H and O–H groups in total. The first kappa shape index (κ1) is 31.0. The molecule has 4 nitrogen and oxygen atoms in total. The van der Waals surface area contributed by atoms with Crippen LogP contribution in [0.4, 0.5) is 0 Å². The molecule has 0 aliphatic heterocycles. The van der Waals surface area contributed by atoms with Gasteiger partial charge in [-0.3, -0.25) is 9.79 Å². The van der Waals surface area contributed by atoms with Crippen LogP contribution in [0.2, 0.25) is 0 Å². The third kappa shape index (κ3) is 9.16. The Labute approximate surface area is 221 Å². The van der Waals surface area contributed by atoms with E-state index in [2.05, 4.69) is 72.2 Å². The summed E-state index contributed by atoms with van der Waals surface area (Å²) in [5.74, 6) is 1.47. The van der Waals surface area contributed by atoms with E-state index in [0.717, 1.165) is 29.9 Å². The molecule has 0 radical (unpaired) electrons. The summed E-state index contributed by atoms with van der Waals surface area (Å²) in [4.78, 5) is 21.1. The van der Waals surface area contributed by atoms with Gasteiger partial charge in [-0.25, -0.2) is 0 Å². The Hall–Kier alpha value is -2.05. The van der Waals surface area contributed by atoms with Gasteiger partial charge in [0.25, 0.3) is 0 Å². The molecule has 3 rings (SSSR count). The molecule has 1 aromatic heterocycles. The fraction of sp³-hybridized carbons (Fsp3) is 0.517. The molecule has 1 amide bonds. The van der Waals surface area contributed by atoms with E-state index in [1.807, 2.05) is 46.7 Å². The van der Waals surface area contributed by atoms with Crippen molar-refractivity contribution in [2.24, 2.45) is 12.0 Å². The summed E-state index contributed by atoms with van der Waals surface area (Å²) >= 11 is 3.44. The van der Waals surface area contributed by atoms with Crippen LogP contribution in [-0.4, -0.2) is 41.8 Å². The zero-order valence-corrected chi connectivity index (χ0v) is 24.9. The number of carbonyl (C=O) groups is 1. The smallest absolute Gasteiger partial charge is 0.223 e. The predicted octanol–water partition coefficient (Wildman–Crippen LogP) is 7.66. The number of carbonyl (C=O) groups excluding carboxylic acids is 1. The van der Waals surface area contributed by atoms with Crippen molar-refractivity contribution in [2.75, 3.05) is 26.4 Å². The maximum atomic E-state index is 12.6. The van der Waals surface area contributed by atoms with Crippen LogP contribution in [0.5, 0.6) is 0 Å². The Kier molecular flexibility index (Phi) is 14.7. The maximum absolute atomic E-state index is 12.6. The zero-order valence-electron chi connectivity index (χ0n) is 23.2. The molecule has 194 valence electrons. The molecular formula is C29H45N3OS2. The van der Waals surface area contributed by atoms with Gasteiger partial charge in [0, 0.05) is 61.7 Å². The molecule has 0 aliphatic carbocycles. The summed E-state index contributed by atoms with van der Waals surface area (Å²) in [6.45, 7) is 13.1. The number of hydrogen-bond donors (Lipinski definition) is 0. The second-order valence-electron chi connectivity index (χ2n) is 8.05. The molecule has 0 saturated heterocycles. The van der Waals surface area contributed by atoms with Crippen molar-refractivity contribution in [3.63, 3.8) is 0 Å². The molecule has 3 aromatic rings. The van der Waals surface area contributed by atoms with Crippen LogP contribution in [0.25, 0.3) is 10.8 Å². The quantitative estimate of drug-likeness (QED) is 0.274. The van der Waals surface area contributed by atoms with Crippen LogP contribution < -0.4 is 4.80 Å². The lowest BCUT2D eigenvalue weighted by atomic mass is 9.99. The Bertz CT molecular complexity index is 1100. The van der Waals surface area contributed by atoms with Crippen molar-refractivity contribution in [1.82, 2.24) is 9.47 Å². The molecule has 1 unspecified atom stereocenters. The predicted molar refractivity (Wildman–Crippen MR) is 157 cm³/mol. The van der Waals surface area contributed by atoms with E-state index >= 15 is 0 Å². The molecule has 0 bridgehead atoms. The van der Waals surface area contributed by atoms with E-state index in [1.54, 1.807) is 23.1 Å². The fourth-order valence-electron chi connectivity index (χ4n) is 3.87. The number of hydrogen-bond acceptors (Lipinski definition) is 4. The summed E-state index contributed by atoms with van der Waals surface area (Å²) in [5, 5.41) is 4.73.